The van der Waals surface area contributed by atoms with E-state index in [-0.39, 0.29) is 61.9 Å². The Labute approximate surface area is 183 Å². The molecule has 0 bridgehead atoms. The fourth-order valence-corrected chi connectivity index (χ4v) is 0. The van der Waals surface area contributed by atoms with E-state index in [0.29, 0.717) is 49.2 Å². The Morgan fingerprint density at radius 3 is 0.500 bits per heavy atom. The summed E-state index contributed by atoms with van der Waals surface area (Å²) in [5.74, 6) is 2.28. The summed E-state index contributed by atoms with van der Waals surface area (Å²) in [4.78, 5) is 0. The summed E-state index contributed by atoms with van der Waals surface area (Å²) >= 11 is 17.5. The van der Waals surface area contributed by atoms with Crippen molar-refractivity contribution in [2.75, 3.05) is 49.2 Å². The number of halogens is 1. The van der Waals surface area contributed by atoms with Crippen LogP contribution in [0.15, 0.2) is 0 Å². The van der Waals surface area contributed by atoms with Crippen molar-refractivity contribution in [2.45, 2.75) is 0 Å². The zero-order valence-corrected chi connectivity index (χ0v) is 17.6. The average Bonchev–Trinajstić information content (AvgIpc) is 2.39. The largest absolute Gasteiger partial charge is 2.00 e. The number of nitrogens with one attached hydrogen (secondary N) is 4. The van der Waals surface area contributed by atoms with Crippen molar-refractivity contribution >= 4 is 50.5 Å². The van der Waals surface area contributed by atoms with Gasteiger partial charge in [-0.15, -0.1) is 0 Å². The van der Waals surface area contributed by atoms with Crippen LogP contribution in [0.1, 0.15) is 0 Å². The smallest absolute Gasteiger partial charge is 1.00 e. The van der Waals surface area contributed by atoms with Gasteiger partial charge in [-0.1, -0.05) is 0 Å². The first-order valence-corrected chi connectivity index (χ1v) is 6.88. The third-order valence-electron chi connectivity index (χ3n) is 0.408. The van der Waals surface area contributed by atoms with Crippen molar-refractivity contribution in [1.82, 2.24) is 0 Å². The second-order valence-electron chi connectivity index (χ2n) is 1.82. The predicted octanol–water partition coefficient (Wildman–Crippen LogP) is -0.661. The van der Waals surface area contributed by atoms with E-state index in [1.54, 1.807) is 0 Å². The molecule has 0 aromatic carbocycles. The first-order chi connectivity index (χ1) is 7.66. The van der Waals surface area contributed by atoms with Gasteiger partial charge in [-0.25, -0.2) is 0 Å². The Balaban J connectivity index is -0.0000000150. The van der Waals surface area contributed by atoms with E-state index in [0.717, 1.165) is 0 Å². The Morgan fingerprint density at radius 1 is 0.450 bits per heavy atom. The van der Waals surface area contributed by atoms with Crippen molar-refractivity contribution in [3.05, 3.63) is 22.9 Å². The van der Waals surface area contributed by atoms with Crippen molar-refractivity contribution in [3.63, 3.8) is 0 Å². The maximum Gasteiger partial charge on any atom is 2.00 e. The van der Waals surface area contributed by atoms with E-state index in [2.05, 4.69) is 50.5 Å². The predicted molar refractivity (Wildman–Crippen MR) is 85.7 cm³/mol. The van der Waals surface area contributed by atoms with Crippen LogP contribution in [0.2, 0.25) is 0 Å². The molecule has 20 heavy (non-hydrogen) atoms. The number of hydrogen-bond acceptors (Lipinski definition) is 4. The molecule has 0 aliphatic carbocycles. The molecule has 0 unspecified atom stereocenters. The van der Waals surface area contributed by atoms with Gasteiger partial charge in [0.2, 0.25) is 0 Å². The van der Waals surface area contributed by atoms with Crippen LogP contribution in [-0.2, 0) is 100.0 Å². The number of rotatable bonds is 4. The van der Waals surface area contributed by atoms with Crippen molar-refractivity contribution in [3.8, 4) is 0 Å². The summed E-state index contributed by atoms with van der Waals surface area (Å²) in [5, 5.41) is 0. The molecule has 0 saturated carbocycles. The maximum atomic E-state index is 6.35. The molecule has 0 heterocycles. The Morgan fingerprint density at radius 2 is 0.500 bits per heavy atom. The molecular weight excluding hydrogens is 492 g/mol. The van der Waals surface area contributed by atoms with Crippen LogP contribution in [0, 0.1) is 0 Å². The molecule has 0 rings (SSSR count). The third-order valence-corrected chi connectivity index (χ3v) is 1.22. The first kappa shape index (κ1) is 49.5. The van der Waals surface area contributed by atoms with E-state index >= 15 is 0 Å². The Kier molecular flexibility index (Phi) is 198. The SMILES string of the molecule is [Cl-].[NH-]CC[S-].[NH-]CC[S-].[NH-]CC[S-].[NH-]CC[S-].[Ni+2].[Ni+2].[Ni+2]. The first-order valence-electron chi connectivity index (χ1n) is 4.57. The van der Waals surface area contributed by atoms with Gasteiger partial charge in [0, 0.05) is 0 Å². The van der Waals surface area contributed by atoms with Gasteiger partial charge in [0.1, 0.15) is 0 Å². The molecule has 0 aliphatic rings. The van der Waals surface area contributed by atoms with Crippen molar-refractivity contribution in [2.24, 2.45) is 0 Å². The molecule has 136 valence electrons. The van der Waals surface area contributed by atoms with Gasteiger partial charge in [0.05, 0.1) is 0 Å². The van der Waals surface area contributed by atoms with Crippen LogP contribution < -0.4 is 12.4 Å². The van der Waals surface area contributed by atoms with Gasteiger partial charge in [0.15, 0.2) is 0 Å². The summed E-state index contributed by atoms with van der Waals surface area (Å²) in [6.45, 7) is 1.54. The van der Waals surface area contributed by atoms with Gasteiger partial charge in [0.25, 0.3) is 0 Å². The molecular formula is C8H20ClN4Ni3S4-3. The minimum absolute atomic E-state index is 0. The molecule has 4 N–H and O–H groups in total. The zero-order chi connectivity index (χ0) is 13.7. The standard InChI is InChI=1S/4C2H6NS.ClH.3Ni/c4*3-1-2-4;;;;/h4*3-4H,1-2H2;1H;;;/q4*-1;;3*+2/p-5. The topological polar surface area (TPSA) is 95.2 Å². The summed E-state index contributed by atoms with van der Waals surface area (Å²) < 4.78 is 0. The maximum absolute atomic E-state index is 6.35. The van der Waals surface area contributed by atoms with Crippen LogP contribution in [0.3, 0.4) is 0 Å². The summed E-state index contributed by atoms with van der Waals surface area (Å²) in [7, 11) is 0. The summed E-state index contributed by atoms with van der Waals surface area (Å²) in [6, 6.07) is 0. The zero-order valence-electron chi connectivity index (χ0n) is 10.6. The molecule has 0 fully saturated rings. The monoisotopic (exact) mass is 509 g/mol. The molecule has 0 spiro atoms. The van der Waals surface area contributed by atoms with Crippen LogP contribution in [0.5, 0.6) is 0 Å². The van der Waals surface area contributed by atoms with E-state index in [9.17, 15) is 0 Å². The molecule has 0 radical (unpaired) electrons. The molecule has 12 heteroatoms. The van der Waals surface area contributed by atoms with Gasteiger partial charge in [-0.3, -0.25) is 0 Å². The Bertz CT molecular complexity index is 65.7. The second kappa shape index (κ2) is 80.1. The summed E-state index contributed by atoms with van der Waals surface area (Å²) in [6.07, 6.45) is 0. The van der Waals surface area contributed by atoms with E-state index in [1.807, 2.05) is 0 Å². The van der Waals surface area contributed by atoms with Gasteiger partial charge < -0.3 is 85.9 Å². The van der Waals surface area contributed by atoms with Crippen LogP contribution in [0.4, 0.5) is 0 Å². The molecule has 4 nitrogen and oxygen atoms in total. The van der Waals surface area contributed by atoms with Gasteiger partial charge >= 0.3 is 49.5 Å². The molecule has 0 aliphatic heterocycles. The third kappa shape index (κ3) is 171. The van der Waals surface area contributed by atoms with Crippen molar-refractivity contribution in [1.29, 1.82) is 0 Å². The van der Waals surface area contributed by atoms with Crippen LogP contribution in [-0.4, -0.2) is 49.2 Å². The minimum atomic E-state index is 0. The fourth-order valence-electron chi connectivity index (χ4n) is 0. The second-order valence-corrected chi connectivity index (χ2v) is 3.45. The molecule has 0 aromatic rings. The molecule has 0 atom stereocenters. The van der Waals surface area contributed by atoms with E-state index < -0.39 is 0 Å². The van der Waals surface area contributed by atoms with Crippen LogP contribution in [0.25, 0.3) is 22.9 Å². The van der Waals surface area contributed by atoms with Crippen LogP contribution >= 0.6 is 0 Å². The van der Waals surface area contributed by atoms with E-state index in [4.69, 9.17) is 22.9 Å². The molecule has 0 aromatic heterocycles. The van der Waals surface area contributed by atoms with Gasteiger partial charge in [-0.2, -0.15) is 49.2 Å². The normalized spacial score (nSPS) is 6.00. The molecule has 0 saturated heterocycles. The number of hydrogen-bond donors (Lipinski definition) is 0. The quantitative estimate of drug-likeness (QED) is 0.370. The van der Waals surface area contributed by atoms with Crippen molar-refractivity contribution < 1.29 is 61.9 Å². The minimum Gasteiger partial charge on any atom is -1.00 e. The fraction of sp³-hybridized carbons (Fsp3) is 1.00. The van der Waals surface area contributed by atoms with E-state index in [1.165, 1.54) is 0 Å². The summed E-state index contributed by atoms with van der Waals surface area (Å²) in [5.41, 5.74) is 25.4. The Hall–Kier alpha value is 3.01. The molecule has 0 amide bonds. The van der Waals surface area contributed by atoms with Gasteiger partial charge in [-0.05, 0) is 0 Å². The average molecular weight is 512 g/mol.